The minimum Gasteiger partial charge on any atom is -0.394 e. The van der Waals surface area contributed by atoms with E-state index in [4.69, 9.17) is 5.11 Å². The predicted molar refractivity (Wildman–Crippen MR) is 61.8 cm³/mol. The molecule has 1 rings (SSSR count). The van der Waals surface area contributed by atoms with Gasteiger partial charge in [0.15, 0.2) is 0 Å². The third kappa shape index (κ3) is 3.98. The molecule has 0 aromatic carbocycles. The minimum atomic E-state index is -0.177. The summed E-state index contributed by atoms with van der Waals surface area (Å²) in [5.41, 5.74) is 0.875. The fourth-order valence-corrected chi connectivity index (χ4v) is 1.37. The average Bonchev–Trinajstić information content (AvgIpc) is 2.27. The van der Waals surface area contributed by atoms with Gasteiger partial charge in [-0.3, -0.25) is 9.78 Å². The molecule has 0 unspecified atom stereocenters. The van der Waals surface area contributed by atoms with Crippen LogP contribution in [0.2, 0.25) is 0 Å². The summed E-state index contributed by atoms with van der Waals surface area (Å²) in [6.45, 7) is 3.90. The van der Waals surface area contributed by atoms with E-state index in [0.717, 1.165) is 5.56 Å². The number of rotatable bonds is 5. The summed E-state index contributed by atoms with van der Waals surface area (Å²) >= 11 is 0. The van der Waals surface area contributed by atoms with Crippen molar-refractivity contribution in [1.29, 1.82) is 0 Å². The number of nitrogens with one attached hydrogen (secondary N) is 1. The zero-order valence-electron chi connectivity index (χ0n) is 9.68. The maximum Gasteiger partial charge on any atom is 0.224 e. The molecule has 88 valence electrons. The number of nitrogens with zero attached hydrogens (tertiary/aromatic N) is 1. The zero-order valence-corrected chi connectivity index (χ0v) is 9.68. The van der Waals surface area contributed by atoms with Gasteiger partial charge < -0.3 is 10.4 Å². The van der Waals surface area contributed by atoms with E-state index in [1.54, 1.807) is 18.5 Å². The Morgan fingerprint density at radius 1 is 1.56 bits per heavy atom. The van der Waals surface area contributed by atoms with E-state index in [-0.39, 0.29) is 24.5 Å². The lowest BCUT2D eigenvalue weighted by Crippen LogP contribution is -2.41. The average molecular weight is 222 g/mol. The lowest BCUT2D eigenvalue weighted by molar-refractivity contribution is -0.121. The van der Waals surface area contributed by atoms with E-state index in [0.29, 0.717) is 6.42 Å². The van der Waals surface area contributed by atoms with Crippen LogP contribution in [0, 0.1) is 5.92 Å². The maximum absolute atomic E-state index is 11.6. The quantitative estimate of drug-likeness (QED) is 0.773. The summed E-state index contributed by atoms with van der Waals surface area (Å²) in [6, 6.07) is 3.48. The first-order chi connectivity index (χ1) is 7.63. The number of aliphatic hydroxyl groups excluding tert-OH is 1. The third-order valence-corrected chi connectivity index (χ3v) is 2.44. The van der Waals surface area contributed by atoms with Gasteiger partial charge in [-0.1, -0.05) is 19.9 Å². The van der Waals surface area contributed by atoms with Crippen molar-refractivity contribution in [1.82, 2.24) is 10.3 Å². The Labute approximate surface area is 95.7 Å². The van der Waals surface area contributed by atoms with Crippen LogP contribution in [-0.2, 0) is 11.2 Å². The van der Waals surface area contributed by atoms with Gasteiger partial charge in [0.2, 0.25) is 5.91 Å². The number of aromatic nitrogens is 1. The number of amides is 1. The van der Waals surface area contributed by atoms with Gasteiger partial charge in [-0.2, -0.15) is 0 Å². The molecule has 4 nitrogen and oxygen atoms in total. The van der Waals surface area contributed by atoms with Crippen molar-refractivity contribution in [3.8, 4) is 0 Å². The molecule has 1 amide bonds. The van der Waals surface area contributed by atoms with Gasteiger partial charge in [0, 0.05) is 12.4 Å². The summed E-state index contributed by atoms with van der Waals surface area (Å²) < 4.78 is 0. The Bertz CT molecular complexity index is 325. The zero-order chi connectivity index (χ0) is 12.0. The van der Waals surface area contributed by atoms with Crippen molar-refractivity contribution in [2.45, 2.75) is 26.3 Å². The van der Waals surface area contributed by atoms with E-state index in [2.05, 4.69) is 10.3 Å². The number of hydrogen-bond acceptors (Lipinski definition) is 3. The van der Waals surface area contributed by atoms with Crippen LogP contribution in [0.3, 0.4) is 0 Å². The molecule has 0 fully saturated rings. The summed E-state index contributed by atoms with van der Waals surface area (Å²) in [4.78, 5) is 15.6. The monoisotopic (exact) mass is 222 g/mol. The molecule has 0 saturated carbocycles. The van der Waals surface area contributed by atoms with Crippen LogP contribution in [0.1, 0.15) is 19.4 Å². The summed E-state index contributed by atoms with van der Waals surface area (Å²) in [5.74, 6) is 0.142. The standard InChI is InChI=1S/C12H18N2O2/c1-9(2)11(8-15)14-12(16)6-10-4-3-5-13-7-10/h3-5,7,9,11,15H,6,8H2,1-2H3,(H,14,16)/t11-/m1/s1. The second-order valence-electron chi connectivity index (χ2n) is 4.14. The van der Waals surface area contributed by atoms with E-state index in [1.165, 1.54) is 0 Å². The number of hydrogen-bond donors (Lipinski definition) is 2. The van der Waals surface area contributed by atoms with Crippen LogP contribution in [-0.4, -0.2) is 28.6 Å². The molecule has 0 aliphatic rings. The molecule has 1 atom stereocenters. The number of carbonyl (C=O) groups excluding carboxylic acids is 1. The van der Waals surface area contributed by atoms with Crippen LogP contribution < -0.4 is 5.32 Å². The second-order valence-corrected chi connectivity index (χ2v) is 4.14. The Balaban J connectivity index is 2.47. The Hall–Kier alpha value is -1.42. The number of carbonyl (C=O) groups is 1. The maximum atomic E-state index is 11.6. The fraction of sp³-hybridized carbons (Fsp3) is 0.500. The van der Waals surface area contributed by atoms with Crippen molar-refractivity contribution in [2.75, 3.05) is 6.61 Å². The molecule has 0 spiro atoms. The van der Waals surface area contributed by atoms with E-state index < -0.39 is 0 Å². The van der Waals surface area contributed by atoms with Crippen LogP contribution in [0.5, 0.6) is 0 Å². The first-order valence-electron chi connectivity index (χ1n) is 5.42. The van der Waals surface area contributed by atoms with Crippen LogP contribution in [0.25, 0.3) is 0 Å². The molecule has 0 aliphatic heterocycles. The van der Waals surface area contributed by atoms with Gasteiger partial charge in [-0.05, 0) is 17.5 Å². The van der Waals surface area contributed by atoms with Crippen molar-refractivity contribution < 1.29 is 9.90 Å². The lowest BCUT2D eigenvalue weighted by atomic mass is 10.1. The van der Waals surface area contributed by atoms with Gasteiger partial charge in [-0.25, -0.2) is 0 Å². The summed E-state index contributed by atoms with van der Waals surface area (Å²) in [7, 11) is 0. The molecule has 2 N–H and O–H groups in total. The smallest absolute Gasteiger partial charge is 0.224 e. The topological polar surface area (TPSA) is 62.2 Å². The molecule has 4 heteroatoms. The molecule has 0 radical (unpaired) electrons. The lowest BCUT2D eigenvalue weighted by Gasteiger charge is -2.19. The molecule has 1 aromatic rings. The minimum absolute atomic E-state index is 0.0313. The van der Waals surface area contributed by atoms with Gasteiger partial charge >= 0.3 is 0 Å². The highest BCUT2D eigenvalue weighted by Gasteiger charge is 2.14. The SMILES string of the molecule is CC(C)[C@@H](CO)NC(=O)Cc1cccnc1. The molecule has 0 saturated heterocycles. The van der Waals surface area contributed by atoms with Crippen LogP contribution >= 0.6 is 0 Å². The highest BCUT2D eigenvalue weighted by Crippen LogP contribution is 2.02. The number of aliphatic hydroxyl groups is 1. The predicted octanol–water partition coefficient (Wildman–Crippen LogP) is 0.757. The highest BCUT2D eigenvalue weighted by molar-refractivity contribution is 5.78. The van der Waals surface area contributed by atoms with E-state index in [9.17, 15) is 4.79 Å². The van der Waals surface area contributed by atoms with Crippen LogP contribution in [0.15, 0.2) is 24.5 Å². The van der Waals surface area contributed by atoms with Gasteiger partial charge in [0.05, 0.1) is 19.1 Å². The number of pyridine rings is 1. The molecular weight excluding hydrogens is 204 g/mol. The van der Waals surface area contributed by atoms with Gasteiger partial charge in [0.25, 0.3) is 0 Å². The normalized spacial score (nSPS) is 12.5. The summed E-state index contributed by atoms with van der Waals surface area (Å²) in [5, 5.41) is 11.9. The van der Waals surface area contributed by atoms with Gasteiger partial charge in [0.1, 0.15) is 0 Å². The molecular formula is C12H18N2O2. The highest BCUT2D eigenvalue weighted by atomic mass is 16.3. The van der Waals surface area contributed by atoms with Gasteiger partial charge in [-0.15, -0.1) is 0 Å². The largest absolute Gasteiger partial charge is 0.394 e. The van der Waals surface area contributed by atoms with Crippen molar-refractivity contribution in [3.05, 3.63) is 30.1 Å². The Morgan fingerprint density at radius 3 is 2.81 bits per heavy atom. The van der Waals surface area contributed by atoms with E-state index >= 15 is 0 Å². The second kappa shape index (κ2) is 6.23. The van der Waals surface area contributed by atoms with Crippen molar-refractivity contribution >= 4 is 5.91 Å². The molecule has 0 aliphatic carbocycles. The fourth-order valence-electron chi connectivity index (χ4n) is 1.37. The first-order valence-corrected chi connectivity index (χ1v) is 5.42. The molecule has 0 bridgehead atoms. The Morgan fingerprint density at radius 2 is 2.31 bits per heavy atom. The van der Waals surface area contributed by atoms with Crippen molar-refractivity contribution in [2.24, 2.45) is 5.92 Å². The molecule has 1 aromatic heterocycles. The molecule has 16 heavy (non-hydrogen) atoms. The summed E-state index contributed by atoms with van der Waals surface area (Å²) in [6.07, 6.45) is 3.64. The van der Waals surface area contributed by atoms with Crippen LogP contribution in [0.4, 0.5) is 0 Å². The molecule has 1 heterocycles. The van der Waals surface area contributed by atoms with E-state index in [1.807, 2.05) is 19.9 Å². The van der Waals surface area contributed by atoms with Crippen molar-refractivity contribution in [3.63, 3.8) is 0 Å². The third-order valence-electron chi connectivity index (χ3n) is 2.44. The Kier molecular flexibility index (Phi) is 4.92. The first kappa shape index (κ1) is 12.6.